The minimum atomic E-state index is -0.445. The molecular formula is C28H25FN4O3. The molecule has 2 N–H and O–H groups in total. The summed E-state index contributed by atoms with van der Waals surface area (Å²) < 4.78 is 25.0. The first-order valence-corrected chi connectivity index (χ1v) is 11.9. The minimum absolute atomic E-state index is 0.219. The number of hydrogen-bond acceptors (Lipinski definition) is 6. The van der Waals surface area contributed by atoms with E-state index in [9.17, 15) is 9.18 Å². The lowest BCUT2D eigenvalue weighted by molar-refractivity contribution is 0.0984. The van der Waals surface area contributed by atoms with Crippen molar-refractivity contribution >= 4 is 28.3 Å². The molecule has 1 amide bonds. The van der Waals surface area contributed by atoms with Crippen molar-refractivity contribution in [1.29, 1.82) is 0 Å². The van der Waals surface area contributed by atoms with Gasteiger partial charge in [-0.15, -0.1) is 0 Å². The van der Waals surface area contributed by atoms with Gasteiger partial charge >= 0.3 is 0 Å². The number of halogens is 1. The molecule has 0 saturated heterocycles. The molecule has 8 heteroatoms. The van der Waals surface area contributed by atoms with E-state index in [1.165, 1.54) is 19.2 Å². The van der Waals surface area contributed by atoms with Gasteiger partial charge in [0.05, 0.1) is 43.6 Å². The summed E-state index contributed by atoms with van der Waals surface area (Å²) in [6.45, 7) is 1.18. The average Bonchev–Trinajstić information content (AvgIpc) is 3.62. The van der Waals surface area contributed by atoms with Crippen LogP contribution < -0.4 is 15.4 Å². The Hall–Kier alpha value is -4.04. The van der Waals surface area contributed by atoms with Gasteiger partial charge < -0.3 is 20.1 Å². The van der Waals surface area contributed by atoms with Crippen LogP contribution >= 0.6 is 0 Å². The van der Waals surface area contributed by atoms with E-state index in [-0.39, 0.29) is 18.2 Å². The van der Waals surface area contributed by atoms with Crippen LogP contribution in [-0.4, -0.2) is 23.0 Å². The first kappa shape index (κ1) is 22.4. The van der Waals surface area contributed by atoms with Crippen LogP contribution in [0.1, 0.15) is 51.5 Å². The fourth-order valence-electron chi connectivity index (χ4n) is 4.75. The summed E-state index contributed by atoms with van der Waals surface area (Å²) >= 11 is 0. The van der Waals surface area contributed by atoms with Gasteiger partial charge in [0, 0.05) is 34.8 Å². The van der Waals surface area contributed by atoms with E-state index in [0.29, 0.717) is 36.2 Å². The zero-order chi connectivity index (χ0) is 24.8. The summed E-state index contributed by atoms with van der Waals surface area (Å²) in [6.07, 6.45) is 3.88. The van der Waals surface area contributed by atoms with Crippen molar-refractivity contribution in [3.8, 4) is 5.75 Å². The highest BCUT2D eigenvalue weighted by atomic mass is 19.1. The number of fused-ring (bicyclic) bond motifs is 3. The SMILES string of the molecule is COc1cc(F)ccc1N(Cc1ccc2c3c(c(N)nc2c1)COC3)C(=O)c1ccc(C2CC2)nc1. The van der Waals surface area contributed by atoms with E-state index in [0.717, 1.165) is 46.1 Å². The van der Waals surface area contributed by atoms with E-state index < -0.39 is 5.82 Å². The molecule has 2 aromatic heterocycles. The number of aromatic nitrogens is 2. The maximum atomic E-state index is 14.0. The van der Waals surface area contributed by atoms with Crippen LogP contribution in [0.4, 0.5) is 15.9 Å². The zero-order valence-corrected chi connectivity index (χ0v) is 19.8. The highest BCUT2D eigenvalue weighted by Gasteiger charge is 2.27. The van der Waals surface area contributed by atoms with Gasteiger partial charge in [0.25, 0.3) is 5.91 Å². The third-order valence-electron chi connectivity index (χ3n) is 6.84. The number of nitrogens with zero attached hydrogens (tertiary/aromatic N) is 3. The lowest BCUT2D eigenvalue weighted by Crippen LogP contribution is -2.31. The number of nitrogen functional groups attached to an aromatic ring is 1. The molecule has 2 aromatic carbocycles. The molecule has 0 spiro atoms. The monoisotopic (exact) mass is 484 g/mol. The van der Waals surface area contributed by atoms with Gasteiger partial charge in [-0.05, 0) is 54.3 Å². The molecule has 0 radical (unpaired) electrons. The highest BCUT2D eigenvalue weighted by Crippen LogP contribution is 2.39. The summed E-state index contributed by atoms with van der Waals surface area (Å²) in [5.74, 6) is 0.516. The number of hydrogen-bond donors (Lipinski definition) is 1. The Bertz CT molecular complexity index is 1480. The minimum Gasteiger partial charge on any atom is -0.494 e. The quantitative estimate of drug-likeness (QED) is 0.409. The van der Waals surface area contributed by atoms with Gasteiger partial charge in [0.2, 0.25) is 0 Å². The number of amides is 1. The summed E-state index contributed by atoms with van der Waals surface area (Å²) in [5.41, 5.74) is 11.7. The number of methoxy groups -OCH3 is 1. The predicted molar refractivity (Wildman–Crippen MR) is 134 cm³/mol. The van der Waals surface area contributed by atoms with Gasteiger partial charge in [-0.3, -0.25) is 9.78 Å². The van der Waals surface area contributed by atoms with Crippen molar-refractivity contribution in [3.63, 3.8) is 0 Å². The van der Waals surface area contributed by atoms with Crippen molar-refractivity contribution < 1.29 is 18.7 Å². The second-order valence-corrected chi connectivity index (χ2v) is 9.25. The smallest absolute Gasteiger partial charge is 0.260 e. The lowest BCUT2D eigenvalue weighted by atomic mass is 10.0. The van der Waals surface area contributed by atoms with Crippen molar-refractivity contribution in [2.24, 2.45) is 0 Å². The molecule has 2 aliphatic rings. The number of carbonyl (C=O) groups is 1. The van der Waals surface area contributed by atoms with Crippen LogP contribution in [0.5, 0.6) is 5.75 Å². The molecule has 3 heterocycles. The molecule has 1 saturated carbocycles. The molecule has 1 aliphatic carbocycles. The molecule has 0 atom stereocenters. The molecule has 1 fully saturated rings. The number of nitrogens with two attached hydrogens (primary N) is 1. The van der Waals surface area contributed by atoms with Crippen LogP contribution in [0, 0.1) is 5.82 Å². The van der Waals surface area contributed by atoms with Gasteiger partial charge in [0.1, 0.15) is 17.4 Å². The zero-order valence-electron chi connectivity index (χ0n) is 19.8. The first-order valence-electron chi connectivity index (χ1n) is 11.9. The summed E-state index contributed by atoms with van der Waals surface area (Å²) in [6, 6.07) is 13.7. The Morgan fingerprint density at radius 2 is 1.97 bits per heavy atom. The third-order valence-corrected chi connectivity index (χ3v) is 6.84. The van der Waals surface area contributed by atoms with Gasteiger partial charge in [-0.1, -0.05) is 12.1 Å². The molecule has 36 heavy (non-hydrogen) atoms. The van der Waals surface area contributed by atoms with Crippen LogP contribution in [0.25, 0.3) is 10.9 Å². The van der Waals surface area contributed by atoms with E-state index in [1.807, 2.05) is 24.3 Å². The Labute approximate surface area is 207 Å². The molecule has 4 aromatic rings. The van der Waals surface area contributed by atoms with E-state index in [4.69, 9.17) is 15.2 Å². The fraction of sp³-hybridized carbons (Fsp3) is 0.250. The van der Waals surface area contributed by atoms with Gasteiger partial charge in [-0.25, -0.2) is 9.37 Å². The van der Waals surface area contributed by atoms with E-state index >= 15 is 0 Å². The van der Waals surface area contributed by atoms with E-state index in [1.54, 1.807) is 23.2 Å². The van der Waals surface area contributed by atoms with E-state index in [2.05, 4.69) is 9.97 Å². The Kier molecular flexibility index (Phi) is 5.53. The number of ether oxygens (including phenoxy) is 2. The molecule has 0 bridgehead atoms. The normalized spacial score (nSPS) is 14.6. The Balaban J connectivity index is 1.39. The second-order valence-electron chi connectivity index (χ2n) is 9.25. The van der Waals surface area contributed by atoms with Crippen molar-refractivity contribution in [3.05, 3.63) is 88.5 Å². The molecule has 6 rings (SSSR count). The number of anilines is 2. The largest absolute Gasteiger partial charge is 0.494 e. The maximum absolute atomic E-state index is 14.0. The fourth-order valence-corrected chi connectivity index (χ4v) is 4.75. The number of rotatable bonds is 6. The molecular weight excluding hydrogens is 459 g/mol. The van der Waals surface area contributed by atoms with Crippen molar-refractivity contribution in [2.75, 3.05) is 17.7 Å². The number of benzene rings is 2. The van der Waals surface area contributed by atoms with Gasteiger partial charge in [0.15, 0.2) is 0 Å². The number of carbonyl (C=O) groups excluding carboxylic acids is 1. The molecule has 182 valence electrons. The van der Waals surface area contributed by atoms with Crippen molar-refractivity contribution in [1.82, 2.24) is 9.97 Å². The molecule has 7 nitrogen and oxygen atoms in total. The first-order chi connectivity index (χ1) is 17.5. The van der Waals surface area contributed by atoms with Gasteiger partial charge in [-0.2, -0.15) is 0 Å². The van der Waals surface area contributed by atoms with Crippen LogP contribution in [0.3, 0.4) is 0 Å². The molecule has 0 unspecified atom stereocenters. The highest BCUT2D eigenvalue weighted by molar-refractivity contribution is 6.06. The lowest BCUT2D eigenvalue weighted by Gasteiger charge is -2.25. The van der Waals surface area contributed by atoms with Crippen molar-refractivity contribution in [2.45, 2.75) is 38.5 Å². The van der Waals surface area contributed by atoms with Crippen LogP contribution in [-0.2, 0) is 24.5 Å². The third kappa shape index (κ3) is 4.03. The predicted octanol–water partition coefficient (Wildman–Crippen LogP) is 5.11. The number of pyridine rings is 2. The topological polar surface area (TPSA) is 90.6 Å². The Morgan fingerprint density at radius 1 is 1.14 bits per heavy atom. The summed E-state index contributed by atoms with van der Waals surface area (Å²) in [5, 5.41) is 0.984. The van der Waals surface area contributed by atoms with Crippen LogP contribution in [0.15, 0.2) is 54.7 Å². The molecule has 1 aliphatic heterocycles. The maximum Gasteiger partial charge on any atom is 0.260 e. The Morgan fingerprint density at radius 3 is 2.72 bits per heavy atom. The average molecular weight is 485 g/mol. The summed E-state index contributed by atoms with van der Waals surface area (Å²) in [7, 11) is 1.46. The standard InChI is InChI=1S/C28H25FN4O3/c1-35-26-11-19(29)6-9-25(26)33(28(34)18-5-8-23(31-12-18)17-3-4-17)13-16-2-7-20-21-14-36-15-22(21)27(30)32-24(20)10-16/h2,5-12,17H,3-4,13-15H2,1H3,(H2,30,32). The second kappa shape index (κ2) is 8.87. The summed E-state index contributed by atoms with van der Waals surface area (Å²) in [4.78, 5) is 24.4. The van der Waals surface area contributed by atoms with Crippen LogP contribution in [0.2, 0.25) is 0 Å².